The maximum absolute atomic E-state index is 11.1. The van der Waals surface area contributed by atoms with E-state index in [9.17, 15) is 8.42 Å². The molecule has 0 heterocycles. The summed E-state index contributed by atoms with van der Waals surface area (Å²) in [6.07, 6.45) is 1.88. The van der Waals surface area contributed by atoms with Crippen LogP contribution >= 0.6 is 22.6 Å². The summed E-state index contributed by atoms with van der Waals surface area (Å²) in [6, 6.07) is 8.20. The van der Waals surface area contributed by atoms with Crippen molar-refractivity contribution in [2.45, 2.75) is 12.5 Å². The molecule has 0 aromatic heterocycles. The summed E-state index contributed by atoms with van der Waals surface area (Å²) < 4.78 is 23.4. The fourth-order valence-corrected chi connectivity index (χ4v) is 2.76. The summed E-state index contributed by atoms with van der Waals surface area (Å²) in [5.74, 6) is 0.212. The van der Waals surface area contributed by atoms with Crippen LogP contribution in [0.25, 0.3) is 0 Å². The number of sulfone groups is 1. The van der Waals surface area contributed by atoms with Gasteiger partial charge in [-0.2, -0.15) is 0 Å². The van der Waals surface area contributed by atoms with Crippen LogP contribution in [-0.2, 0) is 9.84 Å². The highest BCUT2D eigenvalue weighted by Gasteiger charge is 2.12. The standard InChI is InChI=1S/C11H16INO2S/c1-13-11(6-7-16(2,14)15)9-4-3-5-10(12)8-9/h3-5,8,11,13H,6-7H2,1-2H3. The smallest absolute Gasteiger partial charge is 0.147 e. The molecule has 0 saturated carbocycles. The molecular weight excluding hydrogens is 337 g/mol. The van der Waals surface area contributed by atoms with Gasteiger partial charge in [-0.15, -0.1) is 0 Å². The highest BCUT2D eigenvalue weighted by molar-refractivity contribution is 14.1. The first-order valence-corrected chi connectivity index (χ1v) is 8.17. The molecule has 1 rings (SSSR count). The minimum atomic E-state index is -2.89. The van der Waals surface area contributed by atoms with E-state index in [2.05, 4.69) is 34.0 Å². The van der Waals surface area contributed by atoms with Crippen LogP contribution in [0.3, 0.4) is 0 Å². The van der Waals surface area contributed by atoms with Gasteiger partial charge in [-0.3, -0.25) is 0 Å². The monoisotopic (exact) mass is 353 g/mol. The molecule has 0 aliphatic carbocycles. The van der Waals surface area contributed by atoms with E-state index in [1.54, 1.807) is 0 Å². The molecule has 1 atom stereocenters. The summed E-state index contributed by atoms with van der Waals surface area (Å²) in [4.78, 5) is 0. The molecule has 0 spiro atoms. The van der Waals surface area contributed by atoms with Crippen LogP contribution in [0.5, 0.6) is 0 Å². The van der Waals surface area contributed by atoms with Crippen molar-refractivity contribution in [1.29, 1.82) is 0 Å². The van der Waals surface area contributed by atoms with Gasteiger partial charge in [0.05, 0.1) is 5.75 Å². The second-order valence-electron chi connectivity index (χ2n) is 3.81. The lowest BCUT2D eigenvalue weighted by atomic mass is 10.1. The van der Waals surface area contributed by atoms with Crippen molar-refractivity contribution in [1.82, 2.24) is 5.32 Å². The third-order valence-electron chi connectivity index (χ3n) is 2.38. The molecule has 1 aromatic carbocycles. The average molecular weight is 353 g/mol. The normalized spacial score (nSPS) is 13.7. The Hall–Kier alpha value is -0.140. The van der Waals surface area contributed by atoms with Gasteiger partial charge in [0.15, 0.2) is 0 Å². The first-order chi connectivity index (χ1) is 7.42. The lowest BCUT2D eigenvalue weighted by Gasteiger charge is -2.16. The quantitative estimate of drug-likeness (QED) is 0.824. The maximum atomic E-state index is 11.1. The van der Waals surface area contributed by atoms with E-state index in [-0.39, 0.29) is 11.8 Å². The number of hydrogen-bond acceptors (Lipinski definition) is 3. The van der Waals surface area contributed by atoms with Gasteiger partial charge in [0, 0.05) is 15.9 Å². The zero-order valence-electron chi connectivity index (χ0n) is 9.40. The van der Waals surface area contributed by atoms with Gasteiger partial charge in [-0.05, 0) is 53.8 Å². The molecule has 0 saturated heterocycles. The summed E-state index contributed by atoms with van der Waals surface area (Å²) in [5.41, 5.74) is 1.14. The molecule has 0 amide bonds. The molecule has 1 N–H and O–H groups in total. The zero-order valence-corrected chi connectivity index (χ0v) is 12.4. The van der Waals surface area contributed by atoms with Crippen LogP contribution in [0.1, 0.15) is 18.0 Å². The first-order valence-electron chi connectivity index (χ1n) is 5.03. The van der Waals surface area contributed by atoms with E-state index < -0.39 is 9.84 Å². The van der Waals surface area contributed by atoms with Crippen LogP contribution in [0.2, 0.25) is 0 Å². The molecule has 1 unspecified atom stereocenters. The summed E-state index contributed by atoms with van der Waals surface area (Å²) >= 11 is 2.25. The first kappa shape index (κ1) is 13.9. The third-order valence-corrected chi connectivity index (χ3v) is 4.03. The van der Waals surface area contributed by atoms with E-state index in [0.29, 0.717) is 6.42 Å². The summed E-state index contributed by atoms with van der Waals surface area (Å²) in [5, 5.41) is 3.15. The Balaban J connectivity index is 2.75. The van der Waals surface area contributed by atoms with E-state index >= 15 is 0 Å². The van der Waals surface area contributed by atoms with Crippen molar-refractivity contribution >= 4 is 32.4 Å². The van der Waals surface area contributed by atoms with Crippen molar-refractivity contribution in [2.24, 2.45) is 0 Å². The van der Waals surface area contributed by atoms with Crippen LogP contribution in [-0.4, -0.2) is 27.5 Å². The second-order valence-corrected chi connectivity index (χ2v) is 7.32. The highest BCUT2D eigenvalue weighted by Crippen LogP contribution is 2.19. The Morgan fingerprint density at radius 2 is 2.12 bits per heavy atom. The number of rotatable bonds is 5. The van der Waals surface area contributed by atoms with Gasteiger partial charge in [0.25, 0.3) is 0 Å². The SMILES string of the molecule is CNC(CCS(C)(=O)=O)c1cccc(I)c1. The number of benzene rings is 1. The van der Waals surface area contributed by atoms with Crippen molar-refractivity contribution in [2.75, 3.05) is 19.1 Å². The van der Waals surface area contributed by atoms with Gasteiger partial charge in [0.2, 0.25) is 0 Å². The topological polar surface area (TPSA) is 46.2 Å². The molecule has 5 heteroatoms. The van der Waals surface area contributed by atoms with Gasteiger partial charge in [0.1, 0.15) is 9.84 Å². The lowest BCUT2D eigenvalue weighted by Crippen LogP contribution is -2.19. The van der Waals surface area contributed by atoms with Crippen molar-refractivity contribution in [3.63, 3.8) is 0 Å². The van der Waals surface area contributed by atoms with E-state index in [1.165, 1.54) is 6.26 Å². The number of hydrogen-bond donors (Lipinski definition) is 1. The van der Waals surface area contributed by atoms with Crippen LogP contribution < -0.4 is 5.32 Å². The van der Waals surface area contributed by atoms with Crippen molar-refractivity contribution in [3.05, 3.63) is 33.4 Å². The molecule has 0 aliphatic rings. The predicted molar refractivity (Wildman–Crippen MR) is 75.3 cm³/mol. The maximum Gasteiger partial charge on any atom is 0.147 e. The Morgan fingerprint density at radius 1 is 1.44 bits per heavy atom. The molecule has 3 nitrogen and oxygen atoms in total. The molecule has 90 valence electrons. The third kappa shape index (κ3) is 4.80. The minimum absolute atomic E-state index is 0.101. The zero-order chi connectivity index (χ0) is 12.2. The summed E-state index contributed by atoms with van der Waals surface area (Å²) in [7, 11) is -1.04. The van der Waals surface area contributed by atoms with Crippen LogP contribution in [0.15, 0.2) is 24.3 Å². The fourth-order valence-electron chi connectivity index (χ4n) is 1.53. The lowest BCUT2D eigenvalue weighted by molar-refractivity contribution is 0.559. The highest BCUT2D eigenvalue weighted by atomic mass is 127. The fraction of sp³-hybridized carbons (Fsp3) is 0.455. The number of halogens is 1. The predicted octanol–water partition coefficient (Wildman–Crippen LogP) is 1.99. The Morgan fingerprint density at radius 3 is 2.62 bits per heavy atom. The van der Waals surface area contributed by atoms with E-state index in [1.807, 2.05) is 25.2 Å². The van der Waals surface area contributed by atoms with Gasteiger partial charge < -0.3 is 5.32 Å². The Bertz CT molecular complexity index is 445. The van der Waals surface area contributed by atoms with Crippen molar-refractivity contribution < 1.29 is 8.42 Å². The van der Waals surface area contributed by atoms with Gasteiger partial charge in [-0.1, -0.05) is 12.1 Å². The minimum Gasteiger partial charge on any atom is -0.313 e. The molecular formula is C11H16INO2S. The molecule has 0 bridgehead atoms. The molecule has 0 aliphatic heterocycles. The Kier molecular flexibility index (Phi) is 5.20. The largest absolute Gasteiger partial charge is 0.313 e. The van der Waals surface area contributed by atoms with Crippen molar-refractivity contribution in [3.8, 4) is 0 Å². The van der Waals surface area contributed by atoms with Gasteiger partial charge >= 0.3 is 0 Å². The van der Waals surface area contributed by atoms with Gasteiger partial charge in [-0.25, -0.2) is 8.42 Å². The second kappa shape index (κ2) is 5.97. The number of nitrogens with one attached hydrogen (secondary N) is 1. The van der Waals surface area contributed by atoms with Crippen LogP contribution in [0, 0.1) is 3.57 Å². The summed E-state index contributed by atoms with van der Waals surface area (Å²) in [6.45, 7) is 0. The molecule has 0 fully saturated rings. The Labute approximate surface area is 111 Å². The molecule has 1 aromatic rings. The average Bonchev–Trinajstić information content (AvgIpc) is 2.17. The van der Waals surface area contributed by atoms with E-state index in [4.69, 9.17) is 0 Å². The van der Waals surface area contributed by atoms with E-state index in [0.717, 1.165) is 9.13 Å². The molecule has 16 heavy (non-hydrogen) atoms. The van der Waals surface area contributed by atoms with Crippen LogP contribution in [0.4, 0.5) is 0 Å². The molecule has 0 radical (unpaired) electrons.